The number of carbonyl (C=O) groups is 1. The topological polar surface area (TPSA) is 84.9 Å². The molecule has 7 nitrogen and oxygen atoms in total. The van der Waals surface area contributed by atoms with Crippen molar-refractivity contribution in [2.45, 2.75) is 4.90 Å². The molecule has 0 aliphatic heterocycles. The van der Waals surface area contributed by atoms with Crippen molar-refractivity contribution >= 4 is 33.2 Å². The van der Waals surface area contributed by atoms with Crippen LogP contribution in [0.15, 0.2) is 83.8 Å². The van der Waals surface area contributed by atoms with E-state index in [1.54, 1.807) is 73.8 Å². The number of anilines is 1. The van der Waals surface area contributed by atoms with E-state index in [-0.39, 0.29) is 28.8 Å². The van der Waals surface area contributed by atoms with Crippen molar-refractivity contribution in [1.29, 1.82) is 0 Å². The number of ether oxygens (including phenoxy) is 2. The van der Waals surface area contributed by atoms with Crippen LogP contribution in [0.3, 0.4) is 0 Å². The standard InChI is InChI=1S/C23H23ClN2O5S/c1-30-18-8-7-9-19(16-18)31-15-14-25-23(27)17-26(22-13-6-5-12-21(22)24)32(28,29)20-10-3-2-4-11-20/h2-13,16H,14-15,17H2,1H3,(H,25,27). The summed E-state index contributed by atoms with van der Waals surface area (Å²) in [6.07, 6.45) is 0. The fourth-order valence-corrected chi connectivity index (χ4v) is 4.66. The Balaban J connectivity index is 1.68. The summed E-state index contributed by atoms with van der Waals surface area (Å²) in [6.45, 7) is -0.0334. The minimum atomic E-state index is -4.01. The summed E-state index contributed by atoms with van der Waals surface area (Å²) in [5.74, 6) is 0.773. The quantitative estimate of drug-likeness (QED) is 0.452. The van der Waals surface area contributed by atoms with Crippen LogP contribution in [0.2, 0.25) is 5.02 Å². The molecular formula is C23H23ClN2O5S. The van der Waals surface area contributed by atoms with Gasteiger partial charge in [0.2, 0.25) is 5.91 Å². The highest BCUT2D eigenvalue weighted by Crippen LogP contribution is 2.30. The van der Waals surface area contributed by atoms with Crippen molar-refractivity contribution < 1.29 is 22.7 Å². The van der Waals surface area contributed by atoms with Gasteiger partial charge in [-0.05, 0) is 36.4 Å². The second-order valence-corrected chi connectivity index (χ2v) is 8.92. The van der Waals surface area contributed by atoms with Crippen molar-refractivity contribution in [2.75, 3.05) is 31.1 Å². The van der Waals surface area contributed by atoms with Gasteiger partial charge in [0.15, 0.2) is 0 Å². The zero-order chi connectivity index (χ0) is 23.0. The van der Waals surface area contributed by atoms with E-state index < -0.39 is 22.5 Å². The zero-order valence-electron chi connectivity index (χ0n) is 17.4. The number of benzene rings is 3. The van der Waals surface area contributed by atoms with Gasteiger partial charge in [-0.15, -0.1) is 0 Å². The molecule has 0 saturated carbocycles. The van der Waals surface area contributed by atoms with Crippen LogP contribution in [0.4, 0.5) is 5.69 Å². The van der Waals surface area contributed by atoms with Gasteiger partial charge in [0.05, 0.1) is 29.3 Å². The summed E-state index contributed by atoms with van der Waals surface area (Å²) in [7, 11) is -2.45. The van der Waals surface area contributed by atoms with Gasteiger partial charge in [-0.25, -0.2) is 8.42 Å². The molecule has 1 N–H and O–H groups in total. The third-order valence-electron chi connectivity index (χ3n) is 4.47. The van der Waals surface area contributed by atoms with E-state index in [9.17, 15) is 13.2 Å². The lowest BCUT2D eigenvalue weighted by Crippen LogP contribution is -2.42. The molecule has 0 bridgehead atoms. The van der Waals surface area contributed by atoms with Gasteiger partial charge < -0.3 is 14.8 Å². The van der Waals surface area contributed by atoms with E-state index >= 15 is 0 Å². The summed E-state index contributed by atoms with van der Waals surface area (Å²) in [4.78, 5) is 12.7. The summed E-state index contributed by atoms with van der Waals surface area (Å²) in [5.41, 5.74) is 0.223. The monoisotopic (exact) mass is 474 g/mol. The summed E-state index contributed by atoms with van der Waals surface area (Å²) in [5, 5.41) is 2.90. The maximum atomic E-state index is 13.2. The number of rotatable bonds is 10. The van der Waals surface area contributed by atoms with E-state index in [0.717, 1.165) is 4.31 Å². The van der Waals surface area contributed by atoms with Gasteiger partial charge in [-0.2, -0.15) is 0 Å². The van der Waals surface area contributed by atoms with E-state index in [1.807, 2.05) is 0 Å². The molecule has 0 saturated heterocycles. The third-order valence-corrected chi connectivity index (χ3v) is 6.57. The molecule has 0 unspecified atom stereocenters. The molecule has 0 fully saturated rings. The predicted molar refractivity (Wildman–Crippen MR) is 124 cm³/mol. The Kier molecular flexibility index (Phi) is 7.97. The first kappa shape index (κ1) is 23.4. The molecule has 1 amide bonds. The van der Waals surface area contributed by atoms with Gasteiger partial charge in [-0.3, -0.25) is 9.10 Å². The van der Waals surface area contributed by atoms with Gasteiger partial charge >= 0.3 is 0 Å². The van der Waals surface area contributed by atoms with Crippen molar-refractivity contribution in [2.24, 2.45) is 0 Å². The highest BCUT2D eigenvalue weighted by Gasteiger charge is 2.28. The maximum Gasteiger partial charge on any atom is 0.264 e. The van der Waals surface area contributed by atoms with Crippen LogP contribution < -0.4 is 19.1 Å². The van der Waals surface area contributed by atoms with Crippen LogP contribution in [0.25, 0.3) is 0 Å². The number of nitrogens with zero attached hydrogens (tertiary/aromatic N) is 1. The molecule has 0 aliphatic rings. The largest absolute Gasteiger partial charge is 0.497 e. The molecule has 0 atom stereocenters. The number of nitrogens with one attached hydrogen (secondary N) is 1. The number of hydrogen-bond donors (Lipinski definition) is 1. The highest BCUT2D eigenvalue weighted by atomic mass is 35.5. The normalized spacial score (nSPS) is 10.9. The Hall–Kier alpha value is -3.23. The fraction of sp³-hybridized carbons (Fsp3) is 0.174. The molecular weight excluding hydrogens is 452 g/mol. The Bertz CT molecular complexity index is 1160. The summed E-state index contributed by atoms with van der Waals surface area (Å²) < 4.78 is 38.2. The van der Waals surface area contributed by atoms with E-state index in [4.69, 9.17) is 21.1 Å². The Morgan fingerprint density at radius 1 is 0.969 bits per heavy atom. The summed E-state index contributed by atoms with van der Waals surface area (Å²) in [6, 6.07) is 21.5. The lowest BCUT2D eigenvalue weighted by molar-refractivity contribution is -0.119. The second kappa shape index (κ2) is 10.9. The minimum absolute atomic E-state index is 0.0640. The van der Waals surface area contributed by atoms with Crippen LogP contribution in [0, 0.1) is 0 Å². The highest BCUT2D eigenvalue weighted by molar-refractivity contribution is 7.92. The molecule has 0 heterocycles. The maximum absolute atomic E-state index is 13.2. The molecule has 0 aliphatic carbocycles. The first-order chi connectivity index (χ1) is 15.4. The second-order valence-electron chi connectivity index (χ2n) is 6.65. The van der Waals surface area contributed by atoms with Crippen LogP contribution >= 0.6 is 11.6 Å². The lowest BCUT2D eigenvalue weighted by Gasteiger charge is -2.25. The van der Waals surface area contributed by atoms with E-state index in [2.05, 4.69) is 5.32 Å². The van der Waals surface area contributed by atoms with E-state index in [1.165, 1.54) is 12.1 Å². The molecule has 9 heteroatoms. The number of methoxy groups -OCH3 is 1. The Morgan fingerprint density at radius 3 is 2.38 bits per heavy atom. The number of carbonyl (C=O) groups excluding carboxylic acids is 1. The first-order valence-electron chi connectivity index (χ1n) is 9.77. The van der Waals surface area contributed by atoms with Gasteiger partial charge in [0, 0.05) is 6.07 Å². The van der Waals surface area contributed by atoms with Gasteiger partial charge in [-0.1, -0.05) is 48.0 Å². The molecule has 3 aromatic carbocycles. The smallest absolute Gasteiger partial charge is 0.264 e. The number of hydrogen-bond acceptors (Lipinski definition) is 5. The third kappa shape index (κ3) is 5.93. The van der Waals surface area contributed by atoms with Crippen molar-refractivity contribution in [3.63, 3.8) is 0 Å². The number of sulfonamides is 1. The fourth-order valence-electron chi connectivity index (χ4n) is 2.91. The molecule has 3 aromatic rings. The number of para-hydroxylation sites is 1. The first-order valence-corrected chi connectivity index (χ1v) is 11.6. The SMILES string of the molecule is COc1cccc(OCCNC(=O)CN(c2ccccc2Cl)S(=O)(=O)c2ccccc2)c1. The van der Waals surface area contributed by atoms with Gasteiger partial charge in [0.1, 0.15) is 24.7 Å². The molecule has 0 spiro atoms. The van der Waals surface area contributed by atoms with Crippen molar-refractivity contribution in [3.05, 3.63) is 83.9 Å². The van der Waals surface area contributed by atoms with E-state index in [0.29, 0.717) is 11.5 Å². The Labute approximate surface area is 192 Å². The van der Waals surface area contributed by atoms with Crippen LogP contribution in [0.1, 0.15) is 0 Å². The van der Waals surface area contributed by atoms with Crippen molar-refractivity contribution in [3.8, 4) is 11.5 Å². The predicted octanol–water partition coefficient (Wildman–Crippen LogP) is 3.74. The van der Waals surface area contributed by atoms with Crippen LogP contribution in [-0.4, -0.2) is 41.1 Å². The molecule has 3 rings (SSSR count). The van der Waals surface area contributed by atoms with Crippen LogP contribution in [-0.2, 0) is 14.8 Å². The average Bonchev–Trinajstić information content (AvgIpc) is 2.81. The molecule has 32 heavy (non-hydrogen) atoms. The Morgan fingerprint density at radius 2 is 1.66 bits per heavy atom. The zero-order valence-corrected chi connectivity index (χ0v) is 19.0. The average molecular weight is 475 g/mol. The van der Waals surface area contributed by atoms with Crippen LogP contribution in [0.5, 0.6) is 11.5 Å². The summed E-state index contributed by atoms with van der Waals surface area (Å²) >= 11 is 6.25. The van der Waals surface area contributed by atoms with Gasteiger partial charge in [0.25, 0.3) is 10.0 Å². The minimum Gasteiger partial charge on any atom is -0.497 e. The lowest BCUT2D eigenvalue weighted by atomic mass is 10.3. The molecule has 0 aromatic heterocycles. The number of halogens is 1. The molecule has 0 radical (unpaired) electrons. The number of amides is 1. The van der Waals surface area contributed by atoms with Crippen molar-refractivity contribution in [1.82, 2.24) is 5.32 Å². The molecule has 168 valence electrons.